The predicted molar refractivity (Wildman–Crippen MR) is 52.9 cm³/mol. The van der Waals surface area contributed by atoms with E-state index in [1.807, 2.05) is 26.2 Å². The Labute approximate surface area is 76.2 Å². The van der Waals surface area contributed by atoms with E-state index >= 15 is 0 Å². The molecule has 0 spiro atoms. The molecule has 1 radical (unpaired) electrons. The van der Waals surface area contributed by atoms with Crippen molar-refractivity contribution in [1.29, 1.82) is 0 Å². The minimum Gasteiger partial charge on any atom is -0.378 e. The smallest absolute Gasteiger partial charge is 0.0372 e. The van der Waals surface area contributed by atoms with Crippen molar-refractivity contribution >= 4 is 21.6 Å². The third-order valence-electron chi connectivity index (χ3n) is 1.55. The Morgan fingerprint density at radius 1 is 1.36 bits per heavy atom. The lowest BCUT2D eigenvalue weighted by atomic mass is 10.2. The van der Waals surface area contributed by atoms with E-state index in [4.69, 9.17) is 0 Å². The number of hydrogen-bond donors (Lipinski definition) is 0. The first-order valence-corrected chi connectivity index (χ1v) is 4.19. The van der Waals surface area contributed by atoms with Gasteiger partial charge in [-0.05, 0) is 24.6 Å². The maximum atomic E-state index is 3.86. The van der Waals surface area contributed by atoms with Gasteiger partial charge in [-0.25, -0.2) is 0 Å². The molecule has 0 fully saturated rings. The van der Waals surface area contributed by atoms with Gasteiger partial charge in [-0.3, -0.25) is 0 Å². The topological polar surface area (TPSA) is 3.24 Å². The second-order valence-electron chi connectivity index (χ2n) is 2.67. The molecule has 0 aliphatic carbocycles. The Kier molecular flexibility index (Phi) is 2.55. The summed E-state index contributed by atoms with van der Waals surface area (Å²) in [4.78, 5) is 2.06. The molecule has 0 N–H and O–H groups in total. The molecule has 0 heterocycles. The Hall–Kier alpha value is -0.500. The summed E-state index contributed by atoms with van der Waals surface area (Å²) in [5.74, 6) is 0. The molecule has 0 saturated carbocycles. The van der Waals surface area contributed by atoms with Gasteiger partial charge in [0.15, 0.2) is 0 Å². The highest BCUT2D eigenvalue weighted by atomic mass is 79.9. The maximum absolute atomic E-state index is 3.86. The van der Waals surface area contributed by atoms with Crippen LogP contribution in [0.25, 0.3) is 0 Å². The van der Waals surface area contributed by atoms with Crippen LogP contribution < -0.4 is 4.90 Å². The van der Waals surface area contributed by atoms with Crippen LogP contribution >= 0.6 is 15.9 Å². The molecule has 59 valence electrons. The van der Waals surface area contributed by atoms with Crippen LogP contribution in [-0.2, 0) is 0 Å². The lowest BCUT2D eigenvalue weighted by Crippen LogP contribution is -2.08. The molecule has 11 heavy (non-hydrogen) atoms. The van der Waals surface area contributed by atoms with Crippen LogP contribution in [-0.4, -0.2) is 14.1 Å². The third kappa shape index (κ3) is 1.96. The van der Waals surface area contributed by atoms with Gasteiger partial charge in [0, 0.05) is 24.3 Å². The Morgan fingerprint density at radius 3 is 2.45 bits per heavy atom. The normalized spacial score (nSPS) is 9.82. The molecule has 1 rings (SSSR count). The van der Waals surface area contributed by atoms with Crippen molar-refractivity contribution in [3.8, 4) is 0 Å². The number of halogens is 1. The van der Waals surface area contributed by atoms with Gasteiger partial charge in [-0.1, -0.05) is 22.0 Å². The minimum atomic E-state index is 1.02. The highest BCUT2D eigenvalue weighted by Gasteiger charge is 1.97. The monoisotopic (exact) mass is 212 g/mol. The first-order valence-electron chi connectivity index (χ1n) is 3.40. The average molecular weight is 213 g/mol. The second kappa shape index (κ2) is 3.26. The van der Waals surface area contributed by atoms with Gasteiger partial charge in [-0.15, -0.1) is 0 Å². The van der Waals surface area contributed by atoms with Gasteiger partial charge < -0.3 is 4.90 Å². The highest BCUT2D eigenvalue weighted by Crippen LogP contribution is 2.21. The summed E-state index contributed by atoms with van der Waals surface area (Å²) in [7, 11) is 4.04. The molecule has 0 atom stereocenters. The number of rotatable bonds is 1. The number of benzene rings is 1. The highest BCUT2D eigenvalue weighted by molar-refractivity contribution is 9.10. The molecule has 2 heteroatoms. The van der Waals surface area contributed by atoms with E-state index in [2.05, 4.69) is 33.8 Å². The summed E-state index contributed by atoms with van der Waals surface area (Å²) < 4.78 is 1.06. The van der Waals surface area contributed by atoms with E-state index in [0.717, 1.165) is 10.0 Å². The Morgan fingerprint density at radius 2 is 2.00 bits per heavy atom. The van der Waals surface area contributed by atoms with Crippen molar-refractivity contribution in [3.63, 3.8) is 0 Å². The first kappa shape index (κ1) is 8.60. The van der Waals surface area contributed by atoms with Crippen LogP contribution in [0, 0.1) is 6.92 Å². The van der Waals surface area contributed by atoms with E-state index in [1.54, 1.807) is 0 Å². The zero-order valence-corrected chi connectivity index (χ0v) is 8.35. The molecular weight excluding hydrogens is 202 g/mol. The Balaban J connectivity index is 3.05. The summed E-state index contributed by atoms with van der Waals surface area (Å²) in [5.41, 5.74) is 2.21. The van der Waals surface area contributed by atoms with Crippen LogP contribution in [0.1, 0.15) is 5.56 Å². The number of nitrogens with zero attached hydrogens (tertiary/aromatic N) is 1. The summed E-state index contributed by atoms with van der Waals surface area (Å²) in [6.07, 6.45) is 0. The first-order chi connectivity index (χ1) is 5.11. The molecule has 0 saturated heterocycles. The van der Waals surface area contributed by atoms with Crippen LogP contribution in [0.15, 0.2) is 22.7 Å². The van der Waals surface area contributed by atoms with Crippen molar-refractivity contribution in [3.05, 3.63) is 35.2 Å². The molecule has 1 nitrogen and oxygen atoms in total. The summed E-state index contributed by atoms with van der Waals surface area (Å²) in [6.45, 7) is 3.86. The number of anilines is 1. The van der Waals surface area contributed by atoms with Crippen molar-refractivity contribution in [1.82, 2.24) is 0 Å². The van der Waals surface area contributed by atoms with Gasteiger partial charge in [0.05, 0.1) is 0 Å². The van der Waals surface area contributed by atoms with Gasteiger partial charge in [-0.2, -0.15) is 0 Å². The van der Waals surface area contributed by atoms with Crippen molar-refractivity contribution < 1.29 is 0 Å². The van der Waals surface area contributed by atoms with Crippen LogP contribution in [0.4, 0.5) is 5.69 Å². The van der Waals surface area contributed by atoms with Crippen LogP contribution in [0.5, 0.6) is 0 Å². The standard InChI is InChI=1S/C9H11BrN/c1-7-4-5-8(11(2)3)6-9(7)10/h4-6H,1H2,2-3H3. The van der Waals surface area contributed by atoms with Crippen molar-refractivity contribution in [2.24, 2.45) is 0 Å². The minimum absolute atomic E-state index is 1.02. The molecule has 0 amide bonds. The largest absolute Gasteiger partial charge is 0.378 e. The predicted octanol–water partition coefficient (Wildman–Crippen LogP) is 2.70. The molecule has 0 aliphatic rings. The Bertz CT molecular complexity index is 256. The van der Waals surface area contributed by atoms with Crippen LogP contribution in [0.2, 0.25) is 0 Å². The maximum Gasteiger partial charge on any atom is 0.0372 e. The molecule has 1 aromatic carbocycles. The molecular formula is C9H11BrN. The fourth-order valence-electron chi connectivity index (χ4n) is 0.814. The second-order valence-corrected chi connectivity index (χ2v) is 3.52. The molecule has 0 bridgehead atoms. The lowest BCUT2D eigenvalue weighted by Gasteiger charge is -2.12. The van der Waals surface area contributed by atoms with Gasteiger partial charge in [0.1, 0.15) is 0 Å². The summed E-state index contributed by atoms with van der Waals surface area (Å²) in [5, 5.41) is 0. The average Bonchev–Trinajstić information content (AvgIpc) is 1.94. The third-order valence-corrected chi connectivity index (χ3v) is 2.29. The SMILES string of the molecule is [CH2]c1ccc(N(C)C)cc1Br. The molecule has 0 unspecified atom stereocenters. The summed E-state index contributed by atoms with van der Waals surface area (Å²) in [6, 6.07) is 6.11. The molecule has 0 aromatic heterocycles. The van der Waals surface area contributed by atoms with Crippen molar-refractivity contribution in [2.45, 2.75) is 0 Å². The number of hydrogen-bond acceptors (Lipinski definition) is 1. The van der Waals surface area contributed by atoms with E-state index in [0.29, 0.717) is 0 Å². The van der Waals surface area contributed by atoms with E-state index in [1.165, 1.54) is 5.69 Å². The fourth-order valence-corrected chi connectivity index (χ4v) is 1.18. The van der Waals surface area contributed by atoms with Gasteiger partial charge in [0.25, 0.3) is 0 Å². The van der Waals surface area contributed by atoms with Crippen molar-refractivity contribution in [2.75, 3.05) is 19.0 Å². The molecule has 0 aliphatic heterocycles. The summed E-state index contributed by atoms with van der Waals surface area (Å²) >= 11 is 3.43. The van der Waals surface area contributed by atoms with E-state index in [-0.39, 0.29) is 0 Å². The van der Waals surface area contributed by atoms with E-state index < -0.39 is 0 Å². The van der Waals surface area contributed by atoms with Gasteiger partial charge in [0.2, 0.25) is 0 Å². The zero-order chi connectivity index (χ0) is 8.43. The lowest BCUT2D eigenvalue weighted by molar-refractivity contribution is 1.13. The van der Waals surface area contributed by atoms with E-state index in [9.17, 15) is 0 Å². The fraction of sp³-hybridized carbons (Fsp3) is 0.222. The quantitative estimate of drug-likeness (QED) is 0.693. The van der Waals surface area contributed by atoms with Crippen LogP contribution in [0.3, 0.4) is 0 Å². The molecule has 1 aromatic rings. The zero-order valence-electron chi connectivity index (χ0n) is 6.76. The van der Waals surface area contributed by atoms with Gasteiger partial charge >= 0.3 is 0 Å².